The van der Waals surface area contributed by atoms with Crippen LogP contribution in [0.25, 0.3) is 0 Å². The van der Waals surface area contributed by atoms with Crippen molar-refractivity contribution < 1.29 is 9.53 Å². The molecule has 4 nitrogen and oxygen atoms in total. The number of carbonyl (C=O) groups excluding carboxylic acids is 1. The molecule has 0 saturated carbocycles. The third kappa shape index (κ3) is 4.80. The predicted molar refractivity (Wildman–Crippen MR) is 106 cm³/mol. The summed E-state index contributed by atoms with van der Waals surface area (Å²) >= 11 is 3.36. The molecule has 3 rings (SSSR count). The fraction of sp³-hybridized carbons (Fsp3) is 0.0476. The number of amides is 1. The summed E-state index contributed by atoms with van der Waals surface area (Å²) in [5.41, 5.74) is 4.93. The summed E-state index contributed by atoms with van der Waals surface area (Å²) in [5, 5.41) is 4.05. The van der Waals surface area contributed by atoms with Crippen molar-refractivity contribution >= 4 is 28.1 Å². The molecule has 0 aliphatic heterocycles. The average molecular weight is 409 g/mol. The van der Waals surface area contributed by atoms with E-state index in [-0.39, 0.29) is 5.91 Å². The van der Waals surface area contributed by atoms with Crippen LogP contribution < -0.4 is 10.2 Å². The SMILES string of the molecule is O=C(NN=Cc1ccccc1OCc1ccccc1)c1ccccc1Br. The Balaban J connectivity index is 1.65. The van der Waals surface area contributed by atoms with Gasteiger partial charge in [-0.2, -0.15) is 5.10 Å². The molecule has 130 valence electrons. The lowest BCUT2D eigenvalue weighted by atomic mass is 10.2. The van der Waals surface area contributed by atoms with Crippen molar-refractivity contribution in [3.8, 4) is 5.75 Å². The summed E-state index contributed by atoms with van der Waals surface area (Å²) in [6.45, 7) is 0.467. The fourth-order valence-electron chi connectivity index (χ4n) is 2.32. The lowest BCUT2D eigenvalue weighted by molar-refractivity contribution is 0.0954. The summed E-state index contributed by atoms with van der Waals surface area (Å²) < 4.78 is 6.59. The zero-order chi connectivity index (χ0) is 18.2. The van der Waals surface area contributed by atoms with Gasteiger partial charge in [-0.25, -0.2) is 5.43 Å². The van der Waals surface area contributed by atoms with Gasteiger partial charge < -0.3 is 4.74 Å². The maximum absolute atomic E-state index is 12.2. The quantitative estimate of drug-likeness (QED) is 0.470. The summed E-state index contributed by atoms with van der Waals surface area (Å²) in [7, 11) is 0. The molecule has 0 radical (unpaired) electrons. The van der Waals surface area contributed by atoms with Crippen LogP contribution in [-0.2, 0) is 6.61 Å². The van der Waals surface area contributed by atoms with Crippen LogP contribution in [0.3, 0.4) is 0 Å². The van der Waals surface area contributed by atoms with Gasteiger partial charge in [0.15, 0.2) is 0 Å². The molecule has 3 aromatic rings. The van der Waals surface area contributed by atoms with Gasteiger partial charge in [-0.3, -0.25) is 4.79 Å². The first kappa shape index (κ1) is 17.9. The van der Waals surface area contributed by atoms with E-state index in [9.17, 15) is 4.79 Å². The van der Waals surface area contributed by atoms with Gasteiger partial charge in [0.25, 0.3) is 5.91 Å². The second kappa shape index (κ2) is 8.97. The molecule has 26 heavy (non-hydrogen) atoms. The lowest BCUT2D eigenvalue weighted by Crippen LogP contribution is -2.18. The number of carbonyl (C=O) groups is 1. The number of hydrazone groups is 1. The second-order valence-electron chi connectivity index (χ2n) is 5.49. The highest BCUT2D eigenvalue weighted by Gasteiger charge is 2.07. The first-order valence-electron chi connectivity index (χ1n) is 8.08. The molecule has 5 heteroatoms. The maximum atomic E-state index is 12.2. The van der Waals surface area contributed by atoms with Crippen molar-refractivity contribution in [3.05, 3.63) is 100 Å². The minimum atomic E-state index is -0.281. The zero-order valence-corrected chi connectivity index (χ0v) is 15.5. The summed E-state index contributed by atoms with van der Waals surface area (Å²) in [6, 6.07) is 24.7. The minimum absolute atomic E-state index is 0.281. The number of halogens is 1. The molecule has 0 unspecified atom stereocenters. The highest BCUT2D eigenvalue weighted by Crippen LogP contribution is 2.18. The van der Waals surface area contributed by atoms with Crippen molar-refractivity contribution in [2.45, 2.75) is 6.61 Å². The number of hydrogen-bond donors (Lipinski definition) is 1. The van der Waals surface area contributed by atoms with Crippen LogP contribution in [0.4, 0.5) is 0 Å². The van der Waals surface area contributed by atoms with Crippen LogP contribution in [0.15, 0.2) is 88.4 Å². The van der Waals surface area contributed by atoms with E-state index >= 15 is 0 Å². The molecule has 0 fully saturated rings. The van der Waals surface area contributed by atoms with Gasteiger partial charge in [-0.1, -0.05) is 54.6 Å². The first-order valence-corrected chi connectivity index (χ1v) is 8.87. The Bertz CT molecular complexity index is 911. The third-order valence-electron chi connectivity index (χ3n) is 3.64. The largest absolute Gasteiger partial charge is 0.488 e. The summed E-state index contributed by atoms with van der Waals surface area (Å²) in [6.07, 6.45) is 1.58. The fourth-order valence-corrected chi connectivity index (χ4v) is 2.78. The number of nitrogens with zero attached hydrogens (tertiary/aromatic N) is 1. The standard InChI is InChI=1S/C21H17BrN2O2/c22-19-12-6-5-11-18(19)21(25)24-23-14-17-10-4-7-13-20(17)26-15-16-8-2-1-3-9-16/h1-14H,15H2,(H,24,25). The number of rotatable bonds is 6. The smallest absolute Gasteiger partial charge is 0.272 e. The number of hydrogen-bond acceptors (Lipinski definition) is 3. The Labute approximate surface area is 160 Å². The van der Waals surface area contributed by atoms with Crippen molar-refractivity contribution in [1.29, 1.82) is 0 Å². The van der Waals surface area contributed by atoms with Gasteiger partial charge in [0.2, 0.25) is 0 Å². The van der Waals surface area contributed by atoms with Gasteiger partial charge >= 0.3 is 0 Å². The lowest BCUT2D eigenvalue weighted by Gasteiger charge is -2.09. The van der Waals surface area contributed by atoms with E-state index in [2.05, 4.69) is 26.5 Å². The predicted octanol–water partition coefficient (Wildman–Crippen LogP) is 4.79. The van der Waals surface area contributed by atoms with Gasteiger partial charge in [-0.15, -0.1) is 0 Å². The summed E-state index contributed by atoms with van der Waals surface area (Å²) in [4.78, 5) is 12.2. The van der Waals surface area contributed by atoms with Crippen LogP contribution >= 0.6 is 15.9 Å². The molecule has 0 aliphatic carbocycles. The Morgan fingerprint density at radius 2 is 1.65 bits per heavy atom. The minimum Gasteiger partial charge on any atom is -0.488 e. The number of para-hydroxylation sites is 1. The number of ether oxygens (including phenoxy) is 1. The Morgan fingerprint density at radius 1 is 0.962 bits per heavy atom. The van der Waals surface area contributed by atoms with E-state index < -0.39 is 0 Å². The Morgan fingerprint density at radius 3 is 2.46 bits per heavy atom. The summed E-state index contributed by atoms with van der Waals surface area (Å²) in [5.74, 6) is 0.423. The monoisotopic (exact) mass is 408 g/mol. The third-order valence-corrected chi connectivity index (χ3v) is 4.34. The molecule has 0 saturated heterocycles. The molecule has 0 spiro atoms. The van der Waals surface area contributed by atoms with E-state index in [1.165, 1.54) is 0 Å². The van der Waals surface area contributed by atoms with Crippen molar-refractivity contribution in [2.24, 2.45) is 5.10 Å². The molecule has 1 amide bonds. The topological polar surface area (TPSA) is 50.7 Å². The zero-order valence-electron chi connectivity index (χ0n) is 13.9. The van der Waals surface area contributed by atoms with Crippen LogP contribution in [0, 0.1) is 0 Å². The first-order chi connectivity index (χ1) is 12.7. The second-order valence-corrected chi connectivity index (χ2v) is 6.35. The highest BCUT2D eigenvalue weighted by atomic mass is 79.9. The van der Waals surface area contributed by atoms with E-state index in [0.29, 0.717) is 17.9 Å². The van der Waals surface area contributed by atoms with Gasteiger partial charge in [0, 0.05) is 10.0 Å². The highest BCUT2D eigenvalue weighted by molar-refractivity contribution is 9.10. The molecule has 0 atom stereocenters. The van der Waals surface area contributed by atoms with Gasteiger partial charge in [-0.05, 0) is 45.8 Å². The molecule has 0 aromatic heterocycles. The van der Waals surface area contributed by atoms with Crippen LogP contribution in [0.5, 0.6) is 5.75 Å². The Hall–Kier alpha value is -2.92. The van der Waals surface area contributed by atoms with Crippen molar-refractivity contribution in [3.63, 3.8) is 0 Å². The number of benzene rings is 3. The van der Waals surface area contributed by atoms with Crippen LogP contribution in [0.1, 0.15) is 21.5 Å². The van der Waals surface area contributed by atoms with E-state index in [4.69, 9.17) is 4.74 Å². The van der Waals surface area contributed by atoms with Gasteiger partial charge in [0.1, 0.15) is 12.4 Å². The van der Waals surface area contributed by atoms with Gasteiger partial charge in [0.05, 0.1) is 11.8 Å². The molecule has 0 heterocycles. The van der Waals surface area contributed by atoms with E-state index in [0.717, 1.165) is 15.6 Å². The number of nitrogens with one attached hydrogen (secondary N) is 1. The van der Waals surface area contributed by atoms with E-state index in [1.54, 1.807) is 18.3 Å². The van der Waals surface area contributed by atoms with Crippen molar-refractivity contribution in [2.75, 3.05) is 0 Å². The molecular formula is C21H17BrN2O2. The maximum Gasteiger partial charge on any atom is 0.272 e. The molecule has 0 bridgehead atoms. The molecular weight excluding hydrogens is 392 g/mol. The van der Waals surface area contributed by atoms with Crippen molar-refractivity contribution in [1.82, 2.24) is 5.43 Å². The van der Waals surface area contributed by atoms with Crippen LogP contribution in [0.2, 0.25) is 0 Å². The molecule has 3 aromatic carbocycles. The van der Waals surface area contributed by atoms with E-state index in [1.807, 2.05) is 66.7 Å². The normalized spacial score (nSPS) is 10.7. The molecule has 1 N–H and O–H groups in total. The van der Waals surface area contributed by atoms with Crippen LogP contribution in [-0.4, -0.2) is 12.1 Å². The Kier molecular flexibility index (Phi) is 6.17. The molecule has 0 aliphatic rings. The average Bonchev–Trinajstić information content (AvgIpc) is 2.68.